The molecule has 1 heterocycles. The Labute approximate surface area is 104 Å². The van der Waals surface area contributed by atoms with Crippen molar-refractivity contribution in [2.45, 2.75) is 6.18 Å². The number of halogens is 3. The molecule has 0 aliphatic heterocycles. The predicted molar refractivity (Wildman–Crippen MR) is 59.5 cm³/mol. The van der Waals surface area contributed by atoms with Gasteiger partial charge < -0.3 is 5.11 Å². The van der Waals surface area contributed by atoms with E-state index in [4.69, 9.17) is 5.11 Å². The van der Waals surface area contributed by atoms with Gasteiger partial charge in [-0.3, -0.25) is 0 Å². The lowest BCUT2D eigenvalue weighted by molar-refractivity contribution is -0.137. The van der Waals surface area contributed by atoms with Gasteiger partial charge in [0.15, 0.2) is 0 Å². The van der Waals surface area contributed by atoms with Gasteiger partial charge in [-0.1, -0.05) is 12.1 Å². The molecular weight excluding hydrogens is 267 g/mol. The van der Waals surface area contributed by atoms with Crippen LogP contribution in [0.4, 0.5) is 13.2 Å². The number of alkyl halides is 3. The van der Waals surface area contributed by atoms with Gasteiger partial charge in [0.1, 0.15) is 0 Å². The molecule has 0 radical (unpaired) electrons. The molecule has 0 aliphatic carbocycles. The minimum atomic E-state index is -4.41. The topological polar surface area (TPSA) is 50.2 Å². The van der Waals surface area contributed by atoms with Crippen LogP contribution in [0.5, 0.6) is 0 Å². The fourth-order valence-electron chi connectivity index (χ4n) is 1.41. The summed E-state index contributed by atoms with van der Waals surface area (Å²) in [7, 11) is 0. The minimum absolute atomic E-state index is 0.0141. The lowest BCUT2D eigenvalue weighted by atomic mass is 10.1. The zero-order valence-electron chi connectivity index (χ0n) is 8.73. The van der Waals surface area contributed by atoms with Gasteiger partial charge in [0, 0.05) is 10.9 Å². The number of rotatable bonds is 2. The first kappa shape index (κ1) is 12.6. The van der Waals surface area contributed by atoms with E-state index in [0.29, 0.717) is 5.56 Å². The molecule has 3 nitrogen and oxygen atoms in total. The second-order valence-corrected chi connectivity index (χ2v) is 4.09. The monoisotopic (exact) mass is 273 g/mol. The van der Waals surface area contributed by atoms with Crippen molar-refractivity contribution in [3.63, 3.8) is 0 Å². The summed E-state index contributed by atoms with van der Waals surface area (Å²) in [5.74, 6) is -1.15. The van der Waals surface area contributed by atoms with Gasteiger partial charge in [0.05, 0.1) is 16.8 Å². The fourth-order valence-corrected chi connectivity index (χ4v) is 2.09. The molecule has 2 rings (SSSR count). The third kappa shape index (κ3) is 2.35. The van der Waals surface area contributed by atoms with Crippen LogP contribution < -0.4 is 0 Å². The summed E-state index contributed by atoms with van der Waals surface area (Å²) in [5, 5.41) is 10.2. The van der Waals surface area contributed by atoms with Crippen molar-refractivity contribution in [1.29, 1.82) is 0 Å². The molecule has 0 unspecified atom stereocenters. The number of carboxylic acids is 1. The van der Waals surface area contributed by atoms with E-state index in [-0.39, 0.29) is 11.3 Å². The van der Waals surface area contributed by atoms with Crippen LogP contribution in [-0.2, 0) is 6.18 Å². The Morgan fingerprint density at radius 3 is 2.33 bits per heavy atom. The first-order valence-corrected chi connectivity index (χ1v) is 5.58. The Balaban J connectivity index is 2.41. The summed E-state index contributed by atoms with van der Waals surface area (Å²) >= 11 is 0.946. The second-order valence-electron chi connectivity index (χ2n) is 3.46. The molecule has 18 heavy (non-hydrogen) atoms. The molecule has 1 aromatic heterocycles. The molecule has 1 N–H and O–H groups in total. The summed E-state index contributed by atoms with van der Waals surface area (Å²) in [6, 6.07) is 4.23. The van der Waals surface area contributed by atoms with Gasteiger partial charge in [-0.15, -0.1) is 0 Å². The number of aromatic carboxylic acids is 1. The molecule has 2 aromatic rings. The highest BCUT2D eigenvalue weighted by atomic mass is 32.1. The smallest absolute Gasteiger partial charge is 0.416 e. The summed E-state index contributed by atoms with van der Waals surface area (Å²) in [5.41, 5.74) is -0.263. The van der Waals surface area contributed by atoms with Crippen molar-refractivity contribution in [2.75, 3.05) is 0 Å². The Morgan fingerprint density at radius 2 is 1.83 bits per heavy atom. The first-order chi connectivity index (χ1) is 8.39. The Bertz CT molecular complexity index is 575. The summed E-state index contributed by atoms with van der Waals surface area (Å²) < 4.78 is 41.0. The molecule has 0 bridgehead atoms. The average molecular weight is 273 g/mol. The van der Waals surface area contributed by atoms with E-state index in [2.05, 4.69) is 4.37 Å². The van der Waals surface area contributed by atoms with Crippen LogP contribution in [0.15, 0.2) is 29.6 Å². The van der Waals surface area contributed by atoms with E-state index in [9.17, 15) is 18.0 Å². The highest BCUT2D eigenvalue weighted by Crippen LogP contribution is 2.31. The van der Waals surface area contributed by atoms with Crippen molar-refractivity contribution in [3.8, 4) is 11.3 Å². The number of nitrogens with zero attached hydrogens (tertiary/aromatic N) is 1. The van der Waals surface area contributed by atoms with Crippen LogP contribution in [0, 0.1) is 0 Å². The molecule has 0 spiro atoms. The molecule has 0 atom stereocenters. The van der Waals surface area contributed by atoms with Crippen molar-refractivity contribution < 1.29 is 23.1 Å². The maximum Gasteiger partial charge on any atom is 0.416 e. The predicted octanol–water partition coefficient (Wildman–Crippen LogP) is 3.53. The average Bonchev–Trinajstić information content (AvgIpc) is 2.77. The number of benzene rings is 1. The largest absolute Gasteiger partial charge is 0.478 e. The van der Waals surface area contributed by atoms with E-state index < -0.39 is 17.7 Å². The zero-order chi connectivity index (χ0) is 13.3. The number of aromatic nitrogens is 1. The maximum atomic E-state index is 12.4. The van der Waals surface area contributed by atoms with Crippen molar-refractivity contribution in [3.05, 3.63) is 40.8 Å². The summed E-state index contributed by atoms with van der Waals surface area (Å²) in [4.78, 5) is 10.9. The molecule has 1 aromatic carbocycles. The quantitative estimate of drug-likeness (QED) is 0.910. The standard InChI is InChI=1S/C11H6F3NO2S/c12-11(13,14)7-3-1-6(2-4-7)9-8(10(16)17)5-18-15-9/h1-5H,(H,16,17). The number of hydrogen-bond donors (Lipinski definition) is 1. The Hall–Kier alpha value is -1.89. The zero-order valence-corrected chi connectivity index (χ0v) is 9.55. The molecule has 0 amide bonds. The number of carboxylic acid groups (broad SMARTS) is 1. The van der Waals surface area contributed by atoms with E-state index in [1.807, 2.05) is 0 Å². The second kappa shape index (κ2) is 4.41. The molecule has 7 heteroatoms. The molecule has 0 saturated carbocycles. The van der Waals surface area contributed by atoms with Crippen LogP contribution in [0.25, 0.3) is 11.3 Å². The van der Waals surface area contributed by atoms with Crippen LogP contribution in [-0.4, -0.2) is 15.4 Å². The third-order valence-corrected chi connectivity index (χ3v) is 2.91. The van der Waals surface area contributed by atoms with Crippen LogP contribution in [0.3, 0.4) is 0 Å². The maximum absolute atomic E-state index is 12.4. The van der Waals surface area contributed by atoms with Gasteiger partial charge >= 0.3 is 12.1 Å². The van der Waals surface area contributed by atoms with Crippen LogP contribution in [0.1, 0.15) is 15.9 Å². The lowest BCUT2D eigenvalue weighted by Crippen LogP contribution is -2.04. The van der Waals surface area contributed by atoms with Gasteiger partial charge in [-0.25, -0.2) is 4.79 Å². The lowest BCUT2D eigenvalue weighted by Gasteiger charge is -2.06. The van der Waals surface area contributed by atoms with Crippen LogP contribution in [0.2, 0.25) is 0 Å². The summed E-state index contributed by atoms with van der Waals surface area (Å²) in [6.45, 7) is 0. The van der Waals surface area contributed by atoms with Gasteiger partial charge in [0.2, 0.25) is 0 Å². The highest BCUT2D eigenvalue weighted by Gasteiger charge is 2.30. The van der Waals surface area contributed by atoms with Gasteiger partial charge in [-0.05, 0) is 23.7 Å². The SMILES string of the molecule is O=C(O)c1csnc1-c1ccc(C(F)(F)F)cc1. The van der Waals surface area contributed by atoms with Crippen molar-refractivity contribution in [1.82, 2.24) is 4.37 Å². The molecular formula is C11H6F3NO2S. The Morgan fingerprint density at radius 1 is 1.22 bits per heavy atom. The van der Waals surface area contributed by atoms with Crippen LogP contribution >= 0.6 is 11.5 Å². The van der Waals surface area contributed by atoms with E-state index >= 15 is 0 Å². The van der Waals surface area contributed by atoms with Gasteiger partial charge in [-0.2, -0.15) is 17.5 Å². The molecule has 0 aliphatic rings. The molecule has 0 fully saturated rings. The summed E-state index contributed by atoms with van der Waals surface area (Å²) in [6.07, 6.45) is -4.41. The fraction of sp³-hybridized carbons (Fsp3) is 0.0909. The highest BCUT2D eigenvalue weighted by molar-refractivity contribution is 7.04. The van der Waals surface area contributed by atoms with Crippen molar-refractivity contribution >= 4 is 17.5 Å². The Kier molecular flexibility index (Phi) is 3.08. The van der Waals surface area contributed by atoms with E-state index in [1.54, 1.807) is 0 Å². The van der Waals surface area contributed by atoms with Crippen molar-refractivity contribution in [2.24, 2.45) is 0 Å². The van der Waals surface area contributed by atoms with E-state index in [0.717, 1.165) is 23.7 Å². The minimum Gasteiger partial charge on any atom is -0.478 e. The van der Waals surface area contributed by atoms with E-state index in [1.165, 1.54) is 17.5 Å². The number of carbonyl (C=O) groups is 1. The molecule has 0 saturated heterocycles. The number of hydrogen-bond acceptors (Lipinski definition) is 3. The van der Waals surface area contributed by atoms with Gasteiger partial charge in [0.25, 0.3) is 0 Å². The first-order valence-electron chi connectivity index (χ1n) is 4.75. The normalized spacial score (nSPS) is 11.5. The molecule has 94 valence electrons. The third-order valence-electron chi connectivity index (χ3n) is 2.29.